The van der Waals surface area contributed by atoms with E-state index in [0.29, 0.717) is 12.6 Å². The largest absolute Gasteiger partial charge is 0.339 e. The fourth-order valence-corrected chi connectivity index (χ4v) is 2.46. The SMILES string of the molecule is CNCC(=O)N1CCN(C(C)c2cccnc2)CC1.Cl. The number of hydrogen-bond acceptors (Lipinski definition) is 4. The molecule has 1 aromatic rings. The zero-order chi connectivity index (χ0) is 13.7. The number of carbonyl (C=O) groups is 1. The Balaban J connectivity index is 0.00000200. The topological polar surface area (TPSA) is 48.5 Å². The molecular formula is C14H23ClN4O. The maximum absolute atomic E-state index is 11.8. The molecule has 0 bridgehead atoms. The number of hydrogen-bond donors (Lipinski definition) is 1. The lowest BCUT2D eigenvalue weighted by atomic mass is 10.1. The van der Waals surface area contributed by atoms with Crippen LogP contribution in [0.3, 0.4) is 0 Å². The molecule has 6 heteroatoms. The van der Waals surface area contributed by atoms with Gasteiger partial charge < -0.3 is 10.2 Å². The Labute approximate surface area is 126 Å². The van der Waals surface area contributed by atoms with E-state index < -0.39 is 0 Å². The highest BCUT2D eigenvalue weighted by Crippen LogP contribution is 2.20. The smallest absolute Gasteiger partial charge is 0.236 e. The molecule has 112 valence electrons. The average molecular weight is 299 g/mol. The molecule has 1 saturated heterocycles. The van der Waals surface area contributed by atoms with Crippen molar-refractivity contribution >= 4 is 18.3 Å². The van der Waals surface area contributed by atoms with Crippen molar-refractivity contribution in [3.05, 3.63) is 30.1 Å². The molecule has 1 N–H and O–H groups in total. The minimum absolute atomic E-state index is 0. The van der Waals surface area contributed by atoms with Gasteiger partial charge in [-0.25, -0.2) is 0 Å². The molecule has 0 spiro atoms. The molecule has 0 aliphatic carbocycles. The summed E-state index contributed by atoms with van der Waals surface area (Å²) in [6.07, 6.45) is 3.72. The number of halogens is 1. The van der Waals surface area contributed by atoms with E-state index in [1.165, 1.54) is 5.56 Å². The quantitative estimate of drug-likeness (QED) is 0.898. The summed E-state index contributed by atoms with van der Waals surface area (Å²) in [4.78, 5) is 20.3. The van der Waals surface area contributed by atoms with Crippen molar-refractivity contribution in [2.45, 2.75) is 13.0 Å². The first-order valence-electron chi connectivity index (χ1n) is 6.78. The fourth-order valence-electron chi connectivity index (χ4n) is 2.46. The molecule has 0 aromatic carbocycles. The van der Waals surface area contributed by atoms with Crippen LogP contribution in [-0.2, 0) is 4.79 Å². The summed E-state index contributed by atoms with van der Waals surface area (Å²) in [5.74, 6) is 0.191. The molecule has 1 amide bonds. The number of amides is 1. The van der Waals surface area contributed by atoms with E-state index in [-0.39, 0.29) is 18.3 Å². The number of rotatable bonds is 4. The third-order valence-corrected chi connectivity index (χ3v) is 3.71. The second-order valence-electron chi connectivity index (χ2n) is 4.91. The van der Waals surface area contributed by atoms with Gasteiger partial charge in [0.1, 0.15) is 0 Å². The molecule has 1 aromatic heterocycles. The van der Waals surface area contributed by atoms with Gasteiger partial charge in [0.2, 0.25) is 5.91 Å². The normalized spacial score (nSPS) is 17.4. The maximum atomic E-state index is 11.8. The maximum Gasteiger partial charge on any atom is 0.236 e. The molecule has 1 aliphatic rings. The molecule has 0 radical (unpaired) electrons. The zero-order valence-corrected chi connectivity index (χ0v) is 12.9. The van der Waals surface area contributed by atoms with Crippen molar-refractivity contribution in [1.29, 1.82) is 0 Å². The van der Waals surface area contributed by atoms with E-state index in [1.807, 2.05) is 17.2 Å². The molecule has 1 unspecified atom stereocenters. The number of likely N-dealkylation sites (N-methyl/N-ethyl adjacent to an activating group) is 1. The van der Waals surface area contributed by atoms with Gasteiger partial charge in [-0.2, -0.15) is 0 Å². The van der Waals surface area contributed by atoms with Crippen molar-refractivity contribution in [3.8, 4) is 0 Å². The van der Waals surface area contributed by atoms with Gasteiger partial charge in [0.25, 0.3) is 0 Å². The number of piperazine rings is 1. The molecule has 20 heavy (non-hydrogen) atoms. The van der Waals surface area contributed by atoms with Gasteiger partial charge in [0.15, 0.2) is 0 Å². The number of pyridine rings is 1. The molecule has 1 fully saturated rings. The number of carbonyl (C=O) groups excluding carboxylic acids is 1. The van der Waals surface area contributed by atoms with Crippen LogP contribution in [0, 0.1) is 0 Å². The summed E-state index contributed by atoms with van der Waals surface area (Å²) < 4.78 is 0. The molecule has 5 nitrogen and oxygen atoms in total. The minimum atomic E-state index is 0. The predicted octanol–water partition coefficient (Wildman–Crippen LogP) is 0.928. The van der Waals surface area contributed by atoms with Crippen molar-refractivity contribution in [2.75, 3.05) is 39.8 Å². The highest BCUT2D eigenvalue weighted by atomic mass is 35.5. The number of nitrogens with one attached hydrogen (secondary N) is 1. The Morgan fingerprint density at radius 2 is 2.10 bits per heavy atom. The first kappa shape index (κ1) is 16.9. The highest BCUT2D eigenvalue weighted by Gasteiger charge is 2.24. The zero-order valence-electron chi connectivity index (χ0n) is 12.1. The van der Waals surface area contributed by atoms with Crippen LogP contribution in [0.25, 0.3) is 0 Å². The summed E-state index contributed by atoms with van der Waals surface area (Å²) in [7, 11) is 1.80. The molecule has 2 heterocycles. The predicted molar refractivity (Wildman–Crippen MR) is 82.0 cm³/mol. The van der Waals surface area contributed by atoms with Gasteiger partial charge in [0.05, 0.1) is 6.54 Å². The van der Waals surface area contributed by atoms with Gasteiger partial charge in [-0.15, -0.1) is 12.4 Å². The third kappa shape index (κ3) is 4.16. The molecule has 1 aliphatic heterocycles. The Kier molecular flexibility index (Phi) is 6.91. The van der Waals surface area contributed by atoms with E-state index in [1.54, 1.807) is 13.2 Å². The minimum Gasteiger partial charge on any atom is -0.339 e. The molecule has 1 atom stereocenters. The van der Waals surface area contributed by atoms with E-state index >= 15 is 0 Å². The highest BCUT2D eigenvalue weighted by molar-refractivity contribution is 5.85. The van der Waals surface area contributed by atoms with E-state index in [4.69, 9.17) is 0 Å². The Morgan fingerprint density at radius 1 is 1.40 bits per heavy atom. The van der Waals surface area contributed by atoms with E-state index in [9.17, 15) is 4.79 Å². The van der Waals surface area contributed by atoms with Crippen LogP contribution < -0.4 is 5.32 Å². The third-order valence-electron chi connectivity index (χ3n) is 3.71. The lowest BCUT2D eigenvalue weighted by molar-refractivity contribution is -0.132. The van der Waals surface area contributed by atoms with Crippen molar-refractivity contribution in [1.82, 2.24) is 20.1 Å². The van der Waals surface area contributed by atoms with Crippen LogP contribution in [0.4, 0.5) is 0 Å². The van der Waals surface area contributed by atoms with Crippen LogP contribution in [0.15, 0.2) is 24.5 Å². The van der Waals surface area contributed by atoms with Crippen LogP contribution in [0.2, 0.25) is 0 Å². The lowest BCUT2D eigenvalue weighted by Gasteiger charge is -2.38. The Bertz CT molecular complexity index is 407. The summed E-state index contributed by atoms with van der Waals surface area (Å²) in [5.41, 5.74) is 1.23. The summed E-state index contributed by atoms with van der Waals surface area (Å²) in [6, 6.07) is 4.43. The summed E-state index contributed by atoms with van der Waals surface area (Å²) in [6.45, 7) is 6.09. The van der Waals surface area contributed by atoms with Gasteiger partial charge in [-0.1, -0.05) is 6.07 Å². The number of aromatic nitrogens is 1. The molecule has 2 rings (SSSR count). The molecular weight excluding hydrogens is 276 g/mol. The van der Waals surface area contributed by atoms with Gasteiger partial charge in [-0.05, 0) is 25.6 Å². The van der Waals surface area contributed by atoms with Crippen LogP contribution in [0.1, 0.15) is 18.5 Å². The van der Waals surface area contributed by atoms with Gasteiger partial charge in [0, 0.05) is 44.6 Å². The summed E-state index contributed by atoms with van der Waals surface area (Å²) in [5, 5.41) is 2.91. The fraction of sp³-hybridized carbons (Fsp3) is 0.571. The van der Waals surface area contributed by atoms with Crippen LogP contribution in [-0.4, -0.2) is 60.5 Å². The summed E-state index contributed by atoms with van der Waals surface area (Å²) >= 11 is 0. The Hall–Kier alpha value is -1.17. The van der Waals surface area contributed by atoms with Gasteiger partial charge >= 0.3 is 0 Å². The van der Waals surface area contributed by atoms with E-state index in [2.05, 4.69) is 28.2 Å². The average Bonchev–Trinajstić information content (AvgIpc) is 2.48. The van der Waals surface area contributed by atoms with Gasteiger partial charge in [-0.3, -0.25) is 14.7 Å². The molecule has 0 saturated carbocycles. The van der Waals surface area contributed by atoms with Crippen molar-refractivity contribution < 1.29 is 4.79 Å². The second kappa shape index (κ2) is 8.19. The van der Waals surface area contributed by atoms with Crippen molar-refractivity contribution in [2.24, 2.45) is 0 Å². The monoisotopic (exact) mass is 298 g/mol. The Morgan fingerprint density at radius 3 is 2.65 bits per heavy atom. The standard InChI is InChI=1S/C14H22N4O.ClH/c1-12(13-4-3-5-16-10-13)17-6-8-18(9-7-17)14(19)11-15-2;/h3-5,10,12,15H,6-9,11H2,1-2H3;1H. The number of nitrogens with zero attached hydrogens (tertiary/aromatic N) is 3. The lowest BCUT2D eigenvalue weighted by Crippen LogP contribution is -2.51. The first-order chi connectivity index (χ1) is 9.22. The van der Waals surface area contributed by atoms with Crippen LogP contribution >= 0.6 is 12.4 Å². The van der Waals surface area contributed by atoms with Crippen molar-refractivity contribution in [3.63, 3.8) is 0 Å². The van der Waals surface area contributed by atoms with E-state index in [0.717, 1.165) is 26.2 Å². The first-order valence-corrected chi connectivity index (χ1v) is 6.78. The second-order valence-corrected chi connectivity index (χ2v) is 4.91. The van der Waals surface area contributed by atoms with Crippen LogP contribution in [0.5, 0.6) is 0 Å².